The number of hydrogen-bond donors (Lipinski definition) is 0. The topological polar surface area (TPSA) is 54.5 Å². The number of halogens is 2. The molecule has 1 aromatic carbocycles. The molecule has 1 unspecified atom stereocenters. The molecule has 1 atom stereocenters. The van der Waals surface area contributed by atoms with E-state index in [1.54, 1.807) is 19.1 Å². The zero-order chi connectivity index (χ0) is 14.2. The zero-order valence-corrected chi connectivity index (χ0v) is 11.8. The van der Waals surface area contributed by atoms with Crippen molar-refractivity contribution in [3.63, 3.8) is 0 Å². The summed E-state index contributed by atoms with van der Waals surface area (Å²) in [6.45, 7) is 1.88. The van der Waals surface area contributed by atoms with Crippen LogP contribution in [0.2, 0.25) is 0 Å². The Balaban J connectivity index is 2.26. The predicted octanol–water partition coefficient (Wildman–Crippen LogP) is 2.06. The summed E-state index contributed by atoms with van der Waals surface area (Å²) in [6, 6.07) is 4.55. The second-order valence-electron chi connectivity index (χ2n) is 4.69. The van der Waals surface area contributed by atoms with Gasteiger partial charge in [0.15, 0.2) is 0 Å². The molecular weight excluding hydrogens is 293 g/mol. The van der Waals surface area contributed by atoms with Crippen molar-refractivity contribution in [2.45, 2.75) is 13.3 Å². The highest BCUT2D eigenvalue weighted by Gasteiger charge is 2.34. The van der Waals surface area contributed by atoms with Crippen molar-refractivity contribution >= 4 is 31.3 Å². The van der Waals surface area contributed by atoms with Crippen LogP contribution in [0.4, 0.5) is 10.1 Å². The molecule has 104 valence electrons. The van der Waals surface area contributed by atoms with E-state index in [-0.39, 0.29) is 30.3 Å². The molecule has 0 radical (unpaired) electrons. The van der Waals surface area contributed by atoms with Gasteiger partial charge in [-0.2, -0.15) is 0 Å². The zero-order valence-electron chi connectivity index (χ0n) is 10.3. The number of amides is 1. The Hall–Kier alpha value is -1.14. The first-order valence-electron chi connectivity index (χ1n) is 5.76. The maximum absolute atomic E-state index is 13.8. The average Bonchev–Trinajstić information content (AvgIpc) is 2.56. The third-order valence-corrected chi connectivity index (χ3v) is 4.35. The summed E-state index contributed by atoms with van der Waals surface area (Å²) in [4.78, 5) is 13.2. The third-order valence-electron chi connectivity index (χ3n) is 3.10. The molecule has 19 heavy (non-hydrogen) atoms. The van der Waals surface area contributed by atoms with Crippen LogP contribution < -0.4 is 4.90 Å². The minimum absolute atomic E-state index is 0.0692. The quantitative estimate of drug-likeness (QED) is 0.803. The largest absolute Gasteiger partial charge is 0.309 e. The predicted molar refractivity (Wildman–Crippen MR) is 71.2 cm³/mol. The number of carbonyl (C=O) groups is 1. The van der Waals surface area contributed by atoms with Gasteiger partial charge < -0.3 is 4.90 Å². The number of hydrogen-bond acceptors (Lipinski definition) is 3. The van der Waals surface area contributed by atoms with Crippen LogP contribution in [-0.2, 0) is 13.8 Å². The fourth-order valence-electron chi connectivity index (χ4n) is 2.36. The minimum Gasteiger partial charge on any atom is -0.309 e. The first-order valence-corrected chi connectivity index (χ1v) is 8.23. The number of aryl methyl sites for hydroxylation is 1. The fraction of sp³-hybridized carbons (Fsp3) is 0.417. The van der Waals surface area contributed by atoms with Crippen LogP contribution >= 0.6 is 10.7 Å². The lowest BCUT2D eigenvalue weighted by atomic mass is 10.1. The summed E-state index contributed by atoms with van der Waals surface area (Å²) in [7, 11) is 1.53. The van der Waals surface area contributed by atoms with E-state index in [1.165, 1.54) is 11.0 Å². The second-order valence-corrected chi connectivity index (χ2v) is 7.51. The average molecular weight is 306 g/mol. The monoisotopic (exact) mass is 305 g/mol. The number of nitrogens with zero attached hydrogens (tertiary/aromatic N) is 1. The van der Waals surface area contributed by atoms with E-state index < -0.39 is 20.8 Å². The van der Waals surface area contributed by atoms with Crippen molar-refractivity contribution in [1.29, 1.82) is 0 Å². The van der Waals surface area contributed by atoms with E-state index in [0.717, 1.165) is 0 Å². The Labute approximate surface area is 115 Å². The number of anilines is 1. The SMILES string of the molecule is Cc1cccc(F)c1N1CC(CS(=O)(=O)Cl)CC1=O. The van der Waals surface area contributed by atoms with E-state index in [1.807, 2.05) is 0 Å². The summed E-state index contributed by atoms with van der Waals surface area (Å²) in [5.74, 6) is -1.43. The summed E-state index contributed by atoms with van der Waals surface area (Å²) >= 11 is 0. The maximum atomic E-state index is 13.8. The summed E-state index contributed by atoms with van der Waals surface area (Å²) in [6.07, 6.45) is 0.0692. The minimum atomic E-state index is -3.66. The molecule has 4 nitrogen and oxygen atoms in total. The van der Waals surface area contributed by atoms with Gasteiger partial charge in [0, 0.05) is 29.6 Å². The van der Waals surface area contributed by atoms with Crippen LogP contribution in [0, 0.1) is 18.7 Å². The van der Waals surface area contributed by atoms with Gasteiger partial charge in [-0.25, -0.2) is 12.8 Å². The standard InChI is InChI=1S/C12H13ClFNO3S/c1-8-3-2-4-10(14)12(8)15-6-9(5-11(15)16)7-19(13,17)18/h2-4,9H,5-7H2,1H3. The normalized spacial score (nSPS) is 20.1. The van der Waals surface area contributed by atoms with Crippen LogP contribution in [0.25, 0.3) is 0 Å². The van der Waals surface area contributed by atoms with E-state index in [2.05, 4.69) is 0 Å². The fourth-order valence-corrected chi connectivity index (χ4v) is 3.68. The van der Waals surface area contributed by atoms with Crippen LogP contribution in [0.1, 0.15) is 12.0 Å². The molecule has 0 bridgehead atoms. The van der Waals surface area contributed by atoms with Gasteiger partial charge in [-0.15, -0.1) is 0 Å². The molecule has 0 aromatic heterocycles. The molecule has 1 fully saturated rings. The van der Waals surface area contributed by atoms with Gasteiger partial charge in [-0.1, -0.05) is 12.1 Å². The van der Waals surface area contributed by atoms with Gasteiger partial charge in [0.2, 0.25) is 15.0 Å². The van der Waals surface area contributed by atoms with E-state index >= 15 is 0 Å². The number of benzene rings is 1. The molecule has 1 aromatic rings. The number of para-hydroxylation sites is 1. The molecule has 1 heterocycles. The molecule has 1 aliphatic heterocycles. The van der Waals surface area contributed by atoms with Crippen LogP contribution in [0.15, 0.2) is 18.2 Å². The van der Waals surface area contributed by atoms with E-state index in [9.17, 15) is 17.6 Å². The molecule has 2 rings (SSSR count). The second kappa shape index (κ2) is 5.09. The van der Waals surface area contributed by atoms with Gasteiger partial charge >= 0.3 is 0 Å². The number of carbonyl (C=O) groups excluding carboxylic acids is 1. The van der Waals surface area contributed by atoms with Crippen LogP contribution in [-0.4, -0.2) is 26.6 Å². The van der Waals surface area contributed by atoms with Gasteiger partial charge in [-0.3, -0.25) is 4.79 Å². The lowest BCUT2D eigenvalue weighted by molar-refractivity contribution is -0.117. The Bertz CT molecular complexity index is 597. The summed E-state index contributed by atoms with van der Waals surface area (Å²) < 4.78 is 35.9. The van der Waals surface area contributed by atoms with Crippen LogP contribution in [0.5, 0.6) is 0 Å². The van der Waals surface area contributed by atoms with Crippen molar-refractivity contribution in [2.75, 3.05) is 17.2 Å². The first-order chi connectivity index (χ1) is 8.78. The summed E-state index contributed by atoms with van der Waals surface area (Å²) in [5, 5.41) is 0. The Morgan fingerprint density at radius 2 is 2.16 bits per heavy atom. The van der Waals surface area contributed by atoms with Gasteiger partial charge in [-0.05, 0) is 18.6 Å². The first kappa shape index (κ1) is 14.3. The maximum Gasteiger partial charge on any atom is 0.232 e. The summed E-state index contributed by atoms with van der Waals surface area (Å²) in [5.41, 5.74) is 0.865. The Kier molecular flexibility index (Phi) is 3.82. The van der Waals surface area contributed by atoms with Gasteiger partial charge in [0.25, 0.3) is 0 Å². The molecule has 1 saturated heterocycles. The molecule has 1 amide bonds. The molecule has 0 saturated carbocycles. The van der Waals surface area contributed by atoms with Crippen LogP contribution in [0.3, 0.4) is 0 Å². The lowest BCUT2D eigenvalue weighted by Crippen LogP contribution is -2.27. The highest BCUT2D eigenvalue weighted by molar-refractivity contribution is 8.13. The molecule has 0 aliphatic carbocycles. The number of rotatable bonds is 3. The van der Waals surface area contributed by atoms with Gasteiger partial charge in [0.1, 0.15) is 5.82 Å². The van der Waals surface area contributed by atoms with Crippen molar-refractivity contribution in [3.05, 3.63) is 29.6 Å². The van der Waals surface area contributed by atoms with Gasteiger partial charge in [0.05, 0.1) is 11.4 Å². The highest BCUT2D eigenvalue weighted by atomic mass is 35.7. The molecule has 0 spiro atoms. The van der Waals surface area contributed by atoms with E-state index in [0.29, 0.717) is 5.56 Å². The smallest absolute Gasteiger partial charge is 0.232 e. The Morgan fingerprint density at radius 1 is 1.47 bits per heavy atom. The lowest BCUT2D eigenvalue weighted by Gasteiger charge is -2.19. The van der Waals surface area contributed by atoms with E-state index in [4.69, 9.17) is 10.7 Å². The van der Waals surface area contributed by atoms with Crippen molar-refractivity contribution in [2.24, 2.45) is 5.92 Å². The Morgan fingerprint density at radius 3 is 2.74 bits per heavy atom. The molecule has 1 aliphatic rings. The van der Waals surface area contributed by atoms with Crippen molar-refractivity contribution in [3.8, 4) is 0 Å². The molecule has 0 N–H and O–H groups in total. The molecular formula is C12H13ClFNO3S. The van der Waals surface area contributed by atoms with Crippen molar-refractivity contribution < 1.29 is 17.6 Å². The highest BCUT2D eigenvalue weighted by Crippen LogP contribution is 2.31. The van der Waals surface area contributed by atoms with Crippen molar-refractivity contribution in [1.82, 2.24) is 0 Å². The molecule has 7 heteroatoms. The third kappa shape index (κ3) is 3.25.